The molecule has 0 saturated carbocycles. The predicted octanol–water partition coefficient (Wildman–Crippen LogP) is 3.07. The van der Waals surface area contributed by atoms with Crippen LogP contribution >= 0.6 is 11.6 Å². The van der Waals surface area contributed by atoms with E-state index in [9.17, 15) is 0 Å². The highest BCUT2D eigenvalue weighted by atomic mass is 35.5. The van der Waals surface area contributed by atoms with Crippen molar-refractivity contribution < 1.29 is 0 Å². The van der Waals surface area contributed by atoms with Crippen molar-refractivity contribution in [1.29, 1.82) is 5.26 Å². The Kier molecular flexibility index (Phi) is 3.46. The Balaban J connectivity index is 4.35. The van der Waals surface area contributed by atoms with Gasteiger partial charge in [0.15, 0.2) is 0 Å². The molecular formula is C8H12ClN. The van der Waals surface area contributed by atoms with Crippen LogP contribution in [0.2, 0.25) is 0 Å². The van der Waals surface area contributed by atoms with E-state index < -0.39 is 0 Å². The van der Waals surface area contributed by atoms with Crippen LogP contribution in [0.1, 0.15) is 27.2 Å². The van der Waals surface area contributed by atoms with Gasteiger partial charge in [-0.2, -0.15) is 5.26 Å². The lowest BCUT2D eigenvalue weighted by molar-refractivity contribution is 0.451. The van der Waals surface area contributed by atoms with Crippen LogP contribution < -0.4 is 0 Å². The van der Waals surface area contributed by atoms with E-state index in [1.54, 1.807) is 0 Å². The van der Waals surface area contributed by atoms with Crippen molar-refractivity contribution in [3.05, 3.63) is 11.1 Å². The van der Waals surface area contributed by atoms with Gasteiger partial charge in [-0.3, -0.25) is 0 Å². The van der Waals surface area contributed by atoms with Gasteiger partial charge >= 0.3 is 0 Å². The highest BCUT2D eigenvalue weighted by Gasteiger charge is 2.18. The average molecular weight is 158 g/mol. The SMILES string of the molecule is CCC(C)(C)/C(Cl)=C/C#N. The molecule has 0 radical (unpaired) electrons. The van der Waals surface area contributed by atoms with Crippen molar-refractivity contribution >= 4 is 11.6 Å². The number of nitriles is 1. The Bertz CT molecular complexity index is 174. The molecule has 0 spiro atoms. The standard InChI is InChI=1S/C8H12ClN/c1-4-8(2,3)7(9)5-6-10/h5H,4H2,1-3H3/b7-5-. The third-order valence-corrected chi connectivity index (χ3v) is 2.34. The molecule has 0 atom stereocenters. The lowest BCUT2D eigenvalue weighted by atomic mass is 9.90. The topological polar surface area (TPSA) is 23.8 Å². The van der Waals surface area contributed by atoms with E-state index in [4.69, 9.17) is 16.9 Å². The normalized spacial score (nSPS) is 12.9. The van der Waals surface area contributed by atoms with Gasteiger partial charge in [0.2, 0.25) is 0 Å². The molecule has 0 fully saturated rings. The molecule has 0 rings (SSSR count). The molecule has 0 aliphatic rings. The molecule has 10 heavy (non-hydrogen) atoms. The van der Waals surface area contributed by atoms with Crippen LogP contribution in [-0.2, 0) is 0 Å². The molecule has 0 unspecified atom stereocenters. The van der Waals surface area contributed by atoms with Gasteiger partial charge in [0.1, 0.15) is 0 Å². The summed E-state index contributed by atoms with van der Waals surface area (Å²) in [6, 6.07) is 1.91. The molecule has 0 aliphatic heterocycles. The lowest BCUT2D eigenvalue weighted by Gasteiger charge is -2.20. The zero-order valence-corrected chi connectivity index (χ0v) is 7.37. The maximum absolute atomic E-state index is 8.28. The van der Waals surface area contributed by atoms with Crippen molar-refractivity contribution in [1.82, 2.24) is 0 Å². The van der Waals surface area contributed by atoms with Crippen molar-refractivity contribution in [2.24, 2.45) is 5.41 Å². The fourth-order valence-electron chi connectivity index (χ4n) is 0.421. The Morgan fingerprint density at radius 2 is 2.20 bits per heavy atom. The van der Waals surface area contributed by atoms with Crippen molar-refractivity contribution in [3.63, 3.8) is 0 Å². The molecule has 0 bridgehead atoms. The maximum Gasteiger partial charge on any atom is 0.0924 e. The highest BCUT2D eigenvalue weighted by molar-refractivity contribution is 6.30. The molecule has 0 saturated heterocycles. The Hall–Kier alpha value is -0.480. The minimum absolute atomic E-state index is 0.0444. The van der Waals surface area contributed by atoms with E-state index in [0.29, 0.717) is 5.03 Å². The summed E-state index contributed by atoms with van der Waals surface area (Å²) in [6.45, 7) is 6.08. The molecule has 0 N–H and O–H groups in total. The van der Waals surface area contributed by atoms with Crippen LogP contribution in [0.3, 0.4) is 0 Å². The van der Waals surface area contributed by atoms with E-state index in [1.807, 2.05) is 26.8 Å². The number of nitrogens with zero attached hydrogens (tertiary/aromatic N) is 1. The van der Waals surface area contributed by atoms with Crippen LogP contribution in [0.5, 0.6) is 0 Å². The first-order chi connectivity index (χ1) is 4.54. The molecule has 0 amide bonds. The Labute approximate surface area is 67.3 Å². The molecule has 0 aromatic rings. The molecule has 56 valence electrons. The quantitative estimate of drug-likeness (QED) is 0.566. The summed E-state index contributed by atoms with van der Waals surface area (Å²) >= 11 is 5.81. The van der Waals surface area contributed by atoms with Gasteiger partial charge < -0.3 is 0 Å². The lowest BCUT2D eigenvalue weighted by Crippen LogP contribution is -2.09. The van der Waals surface area contributed by atoms with E-state index >= 15 is 0 Å². The summed E-state index contributed by atoms with van der Waals surface area (Å²) in [4.78, 5) is 0. The van der Waals surface area contributed by atoms with Gasteiger partial charge in [0.25, 0.3) is 0 Å². The summed E-state index contributed by atoms with van der Waals surface area (Å²) in [5.74, 6) is 0. The number of allylic oxidation sites excluding steroid dienone is 2. The first kappa shape index (κ1) is 9.52. The fourth-order valence-corrected chi connectivity index (χ4v) is 0.603. The molecule has 1 nitrogen and oxygen atoms in total. The molecule has 2 heteroatoms. The molecule has 0 aromatic heterocycles. The van der Waals surface area contributed by atoms with Gasteiger partial charge in [-0.15, -0.1) is 0 Å². The molecule has 0 heterocycles. The highest BCUT2D eigenvalue weighted by Crippen LogP contribution is 2.32. The molecular weight excluding hydrogens is 146 g/mol. The average Bonchev–Trinajstić information content (AvgIpc) is 1.89. The second-order valence-electron chi connectivity index (χ2n) is 2.86. The van der Waals surface area contributed by atoms with Gasteiger partial charge in [0.05, 0.1) is 6.07 Å². The van der Waals surface area contributed by atoms with Crippen LogP contribution in [0.15, 0.2) is 11.1 Å². The number of hydrogen-bond donors (Lipinski definition) is 0. The zero-order chi connectivity index (χ0) is 8.20. The van der Waals surface area contributed by atoms with Crippen LogP contribution in [-0.4, -0.2) is 0 Å². The predicted molar refractivity (Wildman–Crippen MR) is 43.6 cm³/mol. The summed E-state index contributed by atoms with van der Waals surface area (Å²) in [5, 5.41) is 8.92. The number of hydrogen-bond acceptors (Lipinski definition) is 1. The summed E-state index contributed by atoms with van der Waals surface area (Å²) in [6.07, 6.45) is 2.34. The third kappa shape index (κ3) is 2.41. The second-order valence-corrected chi connectivity index (χ2v) is 3.27. The maximum atomic E-state index is 8.28. The first-order valence-electron chi connectivity index (χ1n) is 3.30. The Morgan fingerprint density at radius 1 is 1.70 bits per heavy atom. The van der Waals surface area contributed by atoms with Gasteiger partial charge in [-0.25, -0.2) is 0 Å². The summed E-state index contributed by atoms with van der Waals surface area (Å²) < 4.78 is 0. The van der Waals surface area contributed by atoms with E-state index in [0.717, 1.165) is 6.42 Å². The van der Waals surface area contributed by atoms with Crippen molar-refractivity contribution in [2.45, 2.75) is 27.2 Å². The second kappa shape index (κ2) is 3.63. The summed E-state index contributed by atoms with van der Waals surface area (Å²) in [7, 11) is 0. The van der Waals surface area contributed by atoms with Crippen LogP contribution in [0.25, 0.3) is 0 Å². The van der Waals surface area contributed by atoms with Crippen LogP contribution in [0, 0.1) is 16.7 Å². The van der Waals surface area contributed by atoms with Crippen molar-refractivity contribution in [3.8, 4) is 6.07 Å². The number of halogens is 1. The molecule has 0 aromatic carbocycles. The van der Waals surface area contributed by atoms with E-state index in [-0.39, 0.29) is 5.41 Å². The van der Waals surface area contributed by atoms with Gasteiger partial charge in [0, 0.05) is 16.5 Å². The van der Waals surface area contributed by atoms with Gasteiger partial charge in [-0.1, -0.05) is 32.4 Å². The monoisotopic (exact) mass is 157 g/mol. The first-order valence-corrected chi connectivity index (χ1v) is 3.68. The van der Waals surface area contributed by atoms with E-state index in [1.165, 1.54) is 6.08 Å². The van der Waals surface area contributed by atoms with E-state index in [2.05, 4.69) is 0 Å². The number of rotatable bonds is 2. The van der Waals surface area contributed by atoms with Gasteiger partial charge in [-0.05, 0) is 6.42 Å². The van der Waals surface area contributed by atoms with Crippen molar-refractivity contribution in [2.75, 3.05) is 0 Å². The fraction of sp³-hybridized carbons (Fsp3) is 0.625. The minimum atomic E-state index is -0.0444. The summed E-state index contributed by atoms with van der Waals surface area (Å²) in [5.41, 5.74) is -0.0444. The Morgan fingerprint density at radius 3 is 2.50 bits per heavy atom. The smallest absolute Gasteiger partial charge is 0.0924 e. The van der Waals surface area contributed by atoms with Crippen LogP contribution in [0.4, 0.5) is 0 Å². The largest absolute Gasteiger partial charge is 0.193 e. The minimum Gasteiger partial charge on any atom is -0.193 e. The zero-order valence-electron chi connectivity index (χ0n) is 6.61. The third-order valence-electron chi connectivity index (χ3n) is 1.72. The molecule has 0 aliphatic carbocycles.